The first-order chi connectivity index (χ1) is 13.6. The number of carbonyl (C=O) groups is 2. The third-order valence-corrected chi connectivity index (χ3v) is 5.10. The lowest BCUT2D eigenvalue weighted by Crippen LogP contribution is -2.30. The maximum Gasteiger partial charge on any atom is 0.254 e. The number of ether oxygens (including phenoxy) is 2. The van der Waals surface area contributed by atoms with E-state index in [4.69, 9.17) is 9.47 Å². The molecule has 0 bridgehead atoms. The molecule has 2 aliphatic rings. The molecule has 0 aliphatic carbocycles. The highest BCUT2D eigenvalue weighted by Gasteiger charge is 2.31. The van der Waals surface area contributed by atoms with Gasteiger partial charge in [0.15, 0.2) is 11.5 Å². The number of hydrogen-bond acceptors (Lipinski definition) is 4. The standard InChI is InChI=1S/C22H24N2O4/c1-15(25)23-18-6-2-5-17(13-18)22(26)24-10-3-7-19(24)16-8-9-20-21(14-16)28-12-4-11-27-20/h2,5-6,8-9,13-14,19H,3-4,7,10-12H2,1H3,(H,23,25)/t19-/m1/s1. The minimum absolute atomic E-state index is 0.00840. The second-order valence-corrected chi connectivity index (χ2v) is 7.18. The first-order valence-corrected chi connectivity index (χ1v) is 9.70. The largest absolute Gasteiger partial charge is 0.490 e. The van der Waals surface area contributed by atoms with Gasteiger partial charge in [-0.15, -0.1) is 0 Å². The molecular weight excluding hydrogens is 356 g/mol. The zero-order valence-corrected chi connectivity index (χ0v) is 15.9. The summed E-state index contributed by atoms with van der Waals surface area (Å²) in [7, 11) is 0. The maximum absolute atomic E-state index is 13.2. The van der Waals surface area contributed by atoms with E-state index >= 15 is 0 Å². The number of fused-ring (bicyclic) bond motifs is 1. The van der Waals surface area contributed by atoms with Gasteiger partial charge in [-0.1, -0.05) is 12.1 Å². The molecule has 0 unspecified atom stereocenters. The number of carbonyl (C=O) groups excluding carboxylic acids is 2. The Balaban J connectivity index is 1.57. The van der Waals surface area contributed by atoms with Gasteiger partial charge in [-0.3, -0.25) is 9.59 Å². The van der Waals surface area contributed by atoms with Gasteiger partial charge in [0.25, 0.3) is 5.91 Å². The second-order valence-electron chi connectivity index (χ2n) is 7.18. The van der Waals surface area contributed by atoms with Crippen LogP contribution in [0.4, 0.5) is 5.69 Å². The van der Waals surface area contributed by atoms with Crippen LogP contribution in [0.3, 0.4) is 0 Å². The van der Waals surface area contributed by atoms with Crippen LogP contribution >= 0.6 is 0 Å². The van der Waals surface area contributed by atoms with E-state index in [0.717, 1.165) is 36.3 Å². The zero-order valence-electron chi connectivity index (χ0n) is 15.9. The van der Waals surface area contributed by atoms with Crippen molar-refractivity contribution in [3.05, 3.63) is 53.6 Å². The predicted molar refractivity (Wildman–Crippen MR) is 106 cm³/mol. The number of likely N-dealkylation sites (tertiary alicyclic amines) is 1. The highest BCUT2D eigenvalue weighted by molar-refractivity contribution is 5.97. The smallest absolute Gasteiger partial charge is 0.254 e. The summed E-state index contributed by atoms with van der Waals surface area (Å²) < 4.78 is 11.5. The van der Waals surface area contributed by atoms with Crippen molar-refractivity contribution in [2.75, 3.05) is 25.1 Å². The molecule has 0 aromatic heterocycles. The van der Waals surface area contributed by atoms with Gasteiger partial charge in [-0.2, -0.15) is 0 Å². The van der Waals surface area contributed by atoms with E-state index in [1.165, 1.54) is 6.92 Å². The highest BCUT2D eigenvalue weighted by Crippen LogP contribution is 2.38. The molecule has 1 N–H and O–H groups in total. The Bertz CT molecular complexity index is 896. The van der Waals surface area contributed by atoms with Crippen molar-refractivity contribution >= 4 is 17.5 Å². The molecule has 0 saturated carbocycles. The third kappa shape index (κ3) is 3.81. The average molecular weight is 380 g/mol. The quantitative estimate of drug-likeness (QED) is 0.880. The Morgan fingerprint density at radius 1 is 1.04 bits per heavy atom. The first kappa shape index (κ1) is 18.3. The number of benzene rings is 2. The number of nitrogens with zero attached hydrogens (tertiary/aromatic N) is 1. The molecule has 6 nitrogen and oxygen atoms in total. The average Bonchev–Trinajstić information content (AvgIpc) is 3.05. The first-order valence-electron chi connectivity index (χ1n) is 9.70. The van der Waals surface area contributed by atoms with Crippen molar-refractivity contribution in [1.29, 1.82) is 0 Å². The van der Waals surface area contributed by atoms with E-state index in [-0.39, 0.29) is 17.9 Å². The minimum Gasteiger partial charge on any atom is -0.490 e. The summed E-state index contributed by atoms with van der Waals surface area (Å²) in [4.78, 5) is 26.4. The van der Waals surface area contributed by atoms with E-state index in [9.17, 15) is 9.59 Å². The summed E-state index contributed by atoms with van der Waals surface area (Å²) in [5.41, 5.74) is 2.27. The molecule has 2 aromatic carbocycles. The van der Waals surface area contributed by atoms with Gasteiger partial charge in [-0.25, -0.2) is 0 Å². The number of nitrogens with one attached hydrogen (secondary N) is 1. The number of hydrogen-bond donors (Lipinski definition) is 1. The van der Waals surface area contributed by atoms with Crippen molar-refractivity contribution in [2.24, 2.45) is 0 Å². The Morgan fingerprint density at radius 2 is 1.86 bits per heavy atom. The predicted octanol–water partition coefficient (Wildman–Crippen LogP) is 3.78. The highest BCUT2D eigenvalue weighted by atomic mass is 16.5. The molecule has 6 heteroatoms. The van der Waals surface area contributed by atoms with Gasteiger partial charge in [0.2, 0.25) is 5.91 Å². The molecule has 1 atom stereocenters. The van der Waals surface area contributed by atoms with Crippen LogP contribution in [-0.4, -0.2) is 36.5 Å². The maximum atomic E-state index is 13.2. The van der Waals surface area contributed by atoms with Gasteiger partial charge >= 0.3 is 0 Å². The molecule has 146 valence electrons. The molecule has 2 aliphatic heterocycles. The molecule has 1 fully saturated rings. The molecule has 0 spiro atoms. The molecule has 28 heavy (non-hydrogen) atoms. The summed E-state index contributed by atoms with van der Waals surface area (Å²) in [5, 5.41) is 2.73. The van der Waals surface area contributed by atoms with Crippen LogP contribution in [0.2, 0.25) is 0 Å². The SMILES string of the molecule is CC(=O)Nc1cccc(C(=O)N2CCC[C@@H]2c2ccc3c(c2)OCCCO3)c1. The molecule has 2 aromatic rings. The van der Waals surface area contributed by atoms with E-state index < -0.39 is 0 Å². The number of rotatable bonds is 3. The van der Waals surface area contributed by atoms with Crippen molar-refractivity contribution in [3.8, 4) is 11.5 Å². The molecule has 1 saturated heterocycles. The van der Waals surface area contributed by atoms with Crippen LogP contribution in [-0.2, 0) is 4.79 Å². The molecule has 2 amide bonds. The molecule has 4 rings (SSSR count). The van der Waals surface area contributed by atoms with Crippen LogP contribution in [0, 0.1) is 0 Å². The zero-order chi connectivity index (χ0) is 19.5. The fraction of sp³-hybridized carbons (Fsp3) is 0.364. The summed E-state index contributed by atoms with van der Waals surface area (Å²) in [5.74, 6) is 1.33. The van der Waals surface area contributed by atoms with Crippen molar-refractivity contribution < 1.29 is 19.1 Å². The third-order valence-electron chi connectivity index (χ3n) is 5.10. The normalized spacial score (nSPS) is 18.5. The van der Waals surface area contributed by atoms with Gasteiger partial charge in [0, 0.05) is 31.1 Å². The Hall–Kier alpha value is -3.02. The van der Waals surface area contributed by atoms with Gasteiger partial charge in [0.05, 0.1) is 19.3 Å². The van der Waals surface area contributed by atoms with E-state index in [1.54, 1.807) is 24.3 Å². The second kappa shape index (κ2) is 7.92. The lowest BCUT2D eigenvalue weighted by molar-refractivity contribution is -0.114. The van der Waals surface area contributed by atoms with Crippen LogP contribution in [0.5, 0.6) is 11.5 Å². The Labute approximate surface area is 164 Å². The molecule has 0 radical (unpaired) electrons. The summed E-state index contributed by atoms with van der Waals surface area (Å²) in [6.45, 7) is 3.46. The van der Waals surface area contributed by atoms with E-state index in [0.29, 0.717) is 31.0 Å². The molecule has 2 heterocycles. The van der Waals surface area contributed by atoms with Gasteiger partial charge in [0.1, 0.15) is 0 Å². The Kier molecular flexibility index (Phi) is 5.19. The monoisotopic (exact) mass is 380 g/mol. The van der Waals surface area contributed by atoms with Crippen LogP contribution < -0.4 is 14.8 Å². The summed E-state index contributed by atoms with van der Waals surface area (Å²) >= 11 is 0. The Morgan fingerprint density at radius 3 is 2.68 bits per heavy atom. The number of amides is 2. The molecular formula is C22H24N2O4. The van der Waals surface area contributed by atoms with Crippen molar-refractivity contribution in [3.63, 3.8) is 0 Å². The minimum atomic E-state index is -0.157. The van der Waals surface area contributed by atoms with Gasteiger partial charge in [-0.05, 0) is 48.7 Å². The van der Waals surface area contributed by atoms with Crippen molar-refractivity contribution in [1.82, 2.24) is 4.90 Å². The lowest BCUT2D eigenvalue weighted by atomic mass is 10.0. The fourth-order valence-electron chi connectivity index (χ4n) is 3.84. The summed E-state index contributed by atoms with van der Waals surface area (Å²) in [6, 6.07) is 13.1. The van der Waals surface area contributed by atoms with Crippen LogP contribution in [0.1, 0.15) is 48.1 Å². The van der Waals surface area contributed by atoms with Crippen molar-refractivity contribution in [2.45, 2.75) is 32.2 Å². The topological polar surface area (TPSA) is 67.9 Å². The van der Waals surface area contributed by atoms with Crippen LogP contribution in [0.25, 0.3) is 0 Å². The number of anilines is 1. The lowest BCUT2D eigenvalue weighted by Gasteiger charge is -2.26. The fourth-order valence-corrected chi connectivity index (χ4v) is 3.84. The van der Waals surface area contributed by atoms with E-state index in [1.807, 2.05) is 23.1 Å². The van der Waals surface area contributed by atoms with E-state index in [2.05, 4.69) is 5.32 Å². The summed E-state index contributed by atoms with van der Waals surface area (Å²) in [6.07, 6.45) is 2.73. The van der Waals surface area contributed by atoms with Crippen LogP contribution in [0.15, 0.2) is 42.5 Å². The van der Waals surface area contributed by atoms with Gasteiger partial charge < -0.3 is 19.7 Å².